The zero-order chi connectivity index (χ0) is 22.0. The van der Waals surface area contributed by atoms with Gasteiger partial charge in [-0.05, 0) is 72.7 Å². The van der Waals surface area contributed by atoms with Crippen LogP contribution in [0.2, 0.25) is 10.0 Å². The van der Waals surface area contributed by atoms with Crippen molar-refractivity contribution in [1.29, 1.82) is 0 Å². The molecular formula is C23H17Cl2N3O2S. The maximum absolute atomic E-state index is 12.4. The molecule has 31 heavy (non-hydrogen) atoms. The van der Waals surface area contributed by atoms with Crippen molar-refractivity contribution in [2.75, 3.05) is 5.32 Å². The fourth-order valence-corrected chi connectivity index (χ4v) is 3.71. The second-order valence-electron chi connectivity index (χ2n) is 6.78. The van der Waals surface area contributed by atoms with Crippen LogP contribution in [-0.2, 0) is 6.42 Å². The zero-order valence-corrected chi connectivity index (χ0v) is 18.7. The SMILES string of the molecule is CCc1ccc(C(=O)NC(=S)Nc2ccc3oc(-c4ccc(Cl)cc4Cl)nc3c2)cc1. The molecule has 1 amide bonds. The summed E-state index contributed by atoms with van der Waals surface area (Å²) >= 11 is 17.5. The summed E-state index contributed by atoms with van der Waals surface area (Å²) in [5.41, 5.74) is 4.23. The van der Waals surface area contributed by atoms with E-state index >= 15 is 0 Å². The van der Waals surface area contributed by atoms with Crippen LogP contribution in [0.5, 0.6) is 0 Å². The number of carbonyl (C=O) groups excluding carboxylic acids is 1. The van der Waals surface area contributed by atoms with Crippen molar-refractivity contribution in [1.82, 2.24) is 10.3 Å². The van der Waals surface area contributed by atoms with Crippen LogP contribution in [0.4, 0.5) is 5.69 Å². The minimum absolute atomic E-state index is 0.188. The van der Waals surface area contributed by atoms with Gasteiger partial charge in [0.05, 0.1) is 10.6 Å². The highest BCUT2D eigenvalue weighted by Crippen LogP contribution is 2.32. The molecule has 4 aromatic rings. The van der Waals surface area contributed by atoms with Crippen molar-refractivity contribution in [3.05, 3.63) is 81.8 Å². The third kappa shape index (κ3) is 4.88. The molecule has 0 atom stereocenters. The summed E-state index contributed by atoms with van der Waals surface area (Å²) in [6.45, 7) is 2.06. The number of hydrogen-bond donors (Lipinski definition) is 2. The van der Waals surface area contributed by atoms with Crippen molar-refractivity contribution >= 4 is 63.2 Å². The fraction of sp³-hybridized carbons (Fsp3) is 0.0870. The molecule has 0 fully saturated rings. The highest BCUT2D eigenvalue weighted by atomic mass is 35.5. The molecule has 3 aromatic carbocycles. The van der Waals surface area contributed by atoms with Crippen molar-refractivity contribution in [3.63, 3.8) is 0 Å². The number of aromatic nitrogens is 1. The summed E-state index contributed by atoms with van der Waals surface area (Å²) in [5, 5.41) is 6.86. The molecule has 4 rings (SSSR count). The van der Waals surface area contributed by atoms with E-state index in [0.717, 1.165) is 12.0 Å². The number of aryl methyl sites for hydroxylation is 1. The van der Waals surface area contributed by atoms with Crippen LogP contribution in [0.15, 0.2) is 65.1 Å². The molecule has 0 aliphatic rings. The zero-order valence-electron chi connectivity index (χ0n) is 16.4. The van der Waals surface area contributed by atoms with Gasteiger partial charge in [0.15, 0.2) is 10.7 Å². The Balaban J connectivity index is 1.48. The molecule has 0 aliphatic heterocycles. The first-order chi connectivity index (χ1) is 14.9. The normalized spacial score (nSPS) is 10.8. The van der Waals surface area contributed by atoms with Crippen molar-refractivity contribution < 1.29 is 9.21 Å². The van der Waals surface area contributed by atoms with Crippen molar-refractivity contribution in [2.24, 2.45) is 0 Å². The van der Waals surface area contributed by atoms with Gasteiger partial charge >= 0.3 is 0 Å². The fourth-order valence-electron chi connectivity index (χ4n) is 3.01. The number of halogens is 2. The number of amides is 1. The number of nitrogens with zero attached hydrogens (tertiary/aromatic N) is 1. The number of oxazole rings is 1. The van der Waals surface area contributed by atoms with Crippen LogP contribution in [-0.4, -0.2) is 16.0 Å². The lowest BCUT2D eigenvalue weighted by Crippen LogP contribution is -2.34. The summed E-state index contributed by atoms with van der Waals surface area (Å²) < 4.78 is 5.81. The van der Waals surface area contributed by atoms with E-state index in [2.05, 4.69) is 22.5 Å². The lowest BCUT2D eigenvalue weighted by Gasteiger charge is -2.09. The molecule has 0 saturated carbocycles. The monoisotopic (exact) mass is 469 g/mol. The highest BCUT2D eigenvalue weighted by molar-refractivity contribution is 7.80. The topological polar surface area (TPSA) is 67.2 Å². The number of rotatable bonds is 4. The van der Waals surface area contributed by atoms with Gasteiger partial charge in [-0.15, -0.1) is 0 Å². The number of nitrogens with one attached hydrogen (secondary N) is 2. The second kappa shape index (κ2) is 9.06. The van der Waals surface area contributed by atoms with Gasteiger partial charge in [-0.25, -0.2) is 4.98 Å². The Labute approximate surface area is 194 Å². The molecule has 0 bridgehead atoms. The van der Waals surface area contributed by atoms with E-state index in [9.17, 15) is 4.79 Å². The molecule has 8 heteroatoms. The highest BCUT2D eigenvalue weighted by Gasteiger charge is 2.13. The molecule has 5 nitrogen and oxygen atoms in total. The number of anilines is 1. The predicted octanol–water partition coefficient (Wildman–Crippen LogP) is 6.49. The predicted molar refractivity (Wildman–Crippen MR) is 129 cm³/mol. The molecule has 156 valence electrons. The summed E-state index contributed by atoms with van der Waals surface area (Å²) in [6.07, 6.45) is 0.915. The van der Waals surface area contributed by atoms with Crippen LogP contribution in [0.3, 0.4) is 0 Å². The minimum atomic E-state index is -0.276. The summed E-state index contributed by atoms with van der Waals surface area (Å²) in [7, 11) is 0. The summed E-state index contributed by atoms with van der Waals surface area (Å²) in [5.74, 6) is 0.113. The van der Waals surface area contributed by atoms with E-state index in [1.54, 1.807) is 48.5 Å². The number of thiocarbonyl (C=S) groups is 1. The van der Waals surface area contributed by atoms with Crippen LogP contribution in [0.25, 0.3) is 22.6 Å². The number of hydrogen-bond acceptors (Lipinski definition) is 4. The van der Waals surface area contributed by atoms with Gasteiger partial charge in [0.25, 0.3) is 5.91 Å². The Kier molecular flexibility index (Phi) is 6.23. The molecule has 1 heterocycles. The molecule has 2 N–H and O–H groups in total. The molecule has 0 spiro atoms. The van der Waals surface area contributed by atoms with Gasteiger partial charge in [0.1, 0.15) is 5.52 Å². The Bertz CT molecular complexity index is 1290. The van der Waals surface area contributed by atoms with Gasteiger partial charge in [-0.2, -0.15) is 0 Å². The van der Waals surface area contributed by atoms with Crippen LogP contribution in [0.1, 0.15) is 22.8 Å². The number of benzene rings is 3. The molecular weight excluding hydrogens is 453 g/mol. The largest absolute Gasteiger partial charge is 0.436 e. The summed E-state index contributed by atoms with van der Waals surface area (Å²) in [6, 6.07) is 17.9. The number of carbonyl (C=O) groups is 1. The van der Waals surface area contributed by atoms with Gasteiger partial charge in [-0.1, -0.05) is 42.3 Å². The third-order valence-electron chi connectivity index (χ3n) is 4.66. The minimum Gasteiger partial charge on any atom is -0.436 e. The second-order valence-corrected chi connectivity index (χ2v) is 8.04. The first-order valence-electron chi connectivity index (χ1n) is 9.50. The maximum Gasteiger partial charge on any atom is 0.257 e. The Morgan fingerprint density at radius 1 is 1.06 bits per heavy atom. The maximum atomic E-state index is 12.4. The number of fused-ring (bicyclic) bond motifs is 1. The van der Waals surface area contributed by atoms with E-state index in [0.29, 0.717) is 43.9 Å². The van der Waals surface area contributed by atoms with Gasteiger partial charge < -0.3 is 9.73 Å². The van der Waals surface area contributed by atoms with Crippen LogP contribution >= 0.6 is 35.4 Å². The Hall–Kier alpha value is -2.93. The standard InChI is InChI=1S/C23H17Cl2N3O2S/c1-2-13-3-5-14(6-4-13)21(29)28-23(31)26-16-8-10-20-19(12-16)27-22(30-20)17-9-7-15(24)11-18(17)25/h3-12H,2H2,1H3,(H2,26,28,29,31). The van der Waals surface area contributed by atoms with Gasteiger partial charge in [0.2, 0.25) is 5.89 Å². The first kappa shape index (κ1) is 21.3. The summed E-state index contributed by atoms with van der Waals surface area (Å²) in [4.78, 5) is 16.9. The average molecular weight is 470 g/mol. The Morgan fingerprint density at radius 3 is 2.55 bits per heavy atom. The molecule has 0 aliphatic carbocycles. The van der Waals surface area contributed by atoms with E-state index in [1.807, 2.05) is 12.1 Å². The lowest BCUT2D eigenvalue weighted by molar-refractivity contribution is 0.0977. The van der Waals surface area contributed by atoms with Crippen LogP contribution in [0, 0.1) is 0 Å². The third-order valence-corrected chi connectivity index (χ3v) is 5.41. The first-order valence-corrected chi connectivity index (χ1v) is 10.7. The van der Waals surface area contributed by atoms with Gasteiger partial charge in [0, 0.05) is 16.3 Å². The van der Waals surface area contributed by atoms with Crippen molar-refractivity contribution in [2.45, 2.75) is 13.3 Å². The van der Waals surface area contributed by atoms with E-state index in [-0.39, 0.29) is 11.0 Å². The van der Waals surface area contributed by atoms with E-state index in [4.69, 9.17) is 39.8 Å². The molecule has 1 aromatic heterocycles. The van der Waals surface area contributed by atoms with Crippen LogP contribution < -0.4 is 10.6 Å². The smallest absolute Gasteiger partial charge is 0.257 e. The quantitative estimate of drug-likeness (QED) is 0.334. The van der Waals surface area contributed by atoms with Gasteiger partial charge in [-0.3, -0.25) is 10.1 Å². The molecule has 0 radical (unpaired) electrons. The lowest BCUT2D eigenvalue weighted by atomic mass is 10.1. The van der Waals surface area contributed by atoms with E-state index < -0.39 is 0 Å². The molecule has 0 saturated heterocycles. The molecule has 0 unspecified atom stereocenters. The van der Waals surface area contributed by atoms with Crippen molar-refractivity contribution in [3.8, 4) is 11.5 Å². The average Bonchev–Trinajstić information content (AvgIpc) is 3.16. The van der Waals surface area contributed by atoms with E-state index in [1.165, 1.54) is 0 Å². The Morgan fingerprint density at radius 2 is 1.84 bits per heavy atom.